The molecule has 1 N–H and O–H groups in total. The van der Waals surface area contributed by atoms with Gasteiger partial charge in [0.15, 0.2) is 11.0 Å². The van der Waals surface area contributed by atoms with E-state index < -0.39 is 28.2 Å². The number of benzene rings is 3. The first kappa shape index (κ1) is 22.1. The van der Waals surface area contributed by atoms with Crippen LogP contribution in [0.15, 0.2) is 78.0 Å². The van der Waals surface area contributed by atoms with Gasteiger partial charge in [-0.1, -0.05) is 42.1 Å². The van der Waals surface area contributed by atoms with Crippen molar-refractivity contribution in [2.75, 3.05) is 11.1 Å². The number of nitro benzene ring substituents is 1. The van der Waals surface area contributed by atoms with Crippen molar-refractivity contribution >= 4 is 29.0 Å². The van der Waals surface area contributed by atoms with Crippen LogP contribution >= 0.6 is 11.8 Å². The number of aromatic nitrogens is 3. The van der Waals surface area contributed by atoms with Crippen molar-refractivity contribution in [3.63, 3.8) is 0 Å². The van der Waals surface area contributed by atoms with Crippen molar-refractivity contribution in [2.24, 2.45) is 0 Å². The summed E-state index contributed by atoms with van der Waals surface area (Å²) >= 11 is 1.08. The van der Waals surface area contributed by atoms with Crippen LogP contribution in [0.4, 0.5) is 20.2 Å². The second-order valence-electron chi connectivity index (χ2n) is 6.74. The minimum atomic E-state index is -0.992. The summed E-state index contributed by atoms with van der Waals surface area (Å²) in [6.07, 6.45) is 0. The molecule has 0 aliphatic heterocycles. The molecule has 0 atom stereocenters. The van der Waals surface area contributed by atoms with E-state index >= 15 is 0 Å². The molecule has 0 aliphatic rings. The van der Waals surface area contributed by atoms with Crippen LogP contribution in [-0.4, -0.2) is 31.3 Å². The molecular weight excluding hydrogens is 452 g/mol. The zero-order chi connectivity index (χ0) is 23.4. The Morgan fingerprint density at radius 2 is 1.76 bits per heavy atom. The highest BCUT2D eigenvalue weighted by Crippen LogP contribution is 2.28. The number of rotatable bonds is 7. The Bertz CT molecular complexity index is 1310. The summed E-state index contributed by atoms with van der Waals surface area (Å²) in [4.78, 5) is 22.4. The third kappa shape index (κ3) is 5.04. The highest BCUT2D eigenvalue weighted by molar-refractivity contribution is 7.99. The molecule has 0 saturated carbocycles. The Labute approximate surface area is 190 Å². The van der Waals surface area contributed by atoms with Crippen LogP contribution in [0, 0.1) is 21.7 Å². The van der Waals surface area contributed by atoms with Gasteiger partial charge in [-0.15, -0.1) is 10.2 Å². The normalized spacial score (nSPS) is 10.7. The molecule has 33 heavy (non-hydrogen) atoms. The van der Waals surface area contributed by atoms with Gasteiger partial charge in [0, 0.05) is 23.0 Å². The van der Waals surface area contributed by atoms with E-state index in [1.807, 2.05) is 30.3 Å². The second-order valence-corrected chi connectivity index (χ2v) is 7.69. The topological polar surface area (TPSA) is 103 Å². The Balaban J connectivity index is 1.56. The molecule has 4 aromatic rings. The summed E-state index contributed by atoms with van der Waals surface area (Å²) in [5.74, 6) is -1.45. The standard InChI is InChI=1S/C22H15F2N5O3S/c23-15-6-9-17(10-7-15)28-21(14-4-2-1-3-5-14)26-27-22(28)33-13-20(30)25-16-8-11-18(24)19(12-16)29(31)32/h1-12H,13H2,(H,25,30). The summed E-state index contributed by atoms with van der Waals surface area (Å²) in [6, 6.07) is 18.1. The van der Waals surface area contributed by atoms with Crippen molar-refractivity contribution in [1.29, 1.82) is 0 Å². The molecule has 1 heterocycles. The quantitative estimate of drug-likeness (QED) is 0.237. The van der Waals surface area contributed by atoms with Gasteiger partial charge in [0.05, 0.1) is 10.7 Å². The number of anilines is 1. The maximum absolute atomic E-state index is 13.5. The molecule has 8 nitrogen and oxygen atoms in total. The highest BCUT2D eigenvalue weighted by Gasteiger charge is 2.19. The van der Waals surface area contributed by atoms with E-state index in [0.29, 0.717) is 16.7 Å². The largest absolute Gasteiger partial charge is 0.325 e. The van der Waals surface area contributed by atoms with Crippen LogP contribution in [0.25, 0.3) is 17.1 Å². The zero-order valence-corrected chi connectivity index (χ0v) is 17.6. The Morgan fingerprint density at radius 1 is 1.03 bits per heavy atom. The van der Waals surface area contributed by atoms with Crippen molar-refractivity contribution < 1.29 is 18.5 Å². The number of hydrogen-bond acceptors (Lipinski definition) is 6. The molecule has 0 spiro atoms. The number of nitro groups is 1. The Morgan fingerprint density at radius 3 is 2.45 bits per heavy atom. The predicted octanol–water partition coefficient (Wildman–Crippen LogP) is 4.85. The van der Waals surface area contributed by atoms with Gasteiger partial charge in [0.1, 0.15) is 5.82 Å². The summed E-state index contributed by atoms with van der Waals surface area (Å²) in [6.45, 7) is 0. The minimum Gasteiger partial charge on any atom is -0.325 e. The number of carbonyl (C=O) groups excluding carboxylic acids is 1. The van der Waals surface area contributed by atoms with Crippen LogP contribution in [-0.2, 0) is 4.79 Å². The Hall–Kier alpha value is -4.12. The lowest BCUT2D eigenvalue weighted by atomic mass is 10.2. The zero-order valence-electron chi connectivity index (χ0n) is 16.8. The van der Waals surface area contributed by atoms with Crippen molar-refractivity contribution in [1.82, 2.24) is 14.8 Å². The van der Waals surface area contributed by atoms with Gasteiger partial charge < -0.3 is 5.32 Å². The molecular formula is C22H15F2N5O3S. The number of carbonyl (C=O) groups is 1. The van der Waals surface area contributed by atoms with Crippen LogP contribution in [0.2, 0.25) is 0 Å². The van der Waals surface area contributed by atoms with E-state index in [4.69, 9.17) is 0 Å². The lowest BCUT2D eigenvalue weighted by Gasteiger charge is -2.10. The first-order valence-corrected chi connectivity index (χ1v) is 10.5. The van der Waals surface area contributed by atoms with Crippen LogP contribution in [0.1, 0.15) is 0 Å². The number of halogens is 2. The maximum Gasteiger partial charge on any atom is 0.306 e. The van der Waals surface area contributed by atoms with E-state index in [2.05, 4.69) is 15.5 Å². The average Bonchev–Trinajstić information content (AvgIpc) is 3.24. The Kier molecular flexibility index (Phi) is 6.41. The first-order valence-electron chi connectivity index (χ1n) is 9.56. The average molecular weight is 467 g/mol. The fourth-order valence-corrected chi connectivity index (χ4v) is 3.77. The van der Waals surface area contributed by atoms with Gasteiger partial charge in [-0.3, -0.25) is 19.5 Å². The van der Waals surface area contributed by atoms with Crippen LogP contribution < -0.4 is 5.32 Å². The van der Waals surface area contributed by atoms with Gasteiger partial charge in [0.2, 0.25) is 11.7 Å². The van der Waals surface area contributed by atoms with Gasteiger partial charge in [-0.2, -0.15) is 4.39 Å². The number of amides is 1. The monoisotopic (exact) mass is 467 g/mol. The molecule has 0 unspecified atom stereocenters. The molecule has 0 saturated heterocycles. The van der Waals surface area contributed by atoms with Crippen molar-refractivity contribution in [3.05, 3.63) is 94.5 Å². The summed E-state index contributed by atoms with van der Waals surface area (Å²) in [7, 11) is 0. The predicted molar refractivity (Wildman–Crippen MR) is 119 cm³/mol. The molecule has 0 aliphatic carbocycles. The first-order chi connectivity index (χ1) is 15.9. The number of nitrogens with one attached hydrogen (secondary N) is 1. The molecule has 0 fully saturated rings. The third-order valence-electron chi connectivity index (χ3n) is 4.51. The molecule has 0 bridgehead atoms. The van der Waals surface area contributed by atoms with E-state index in [0.717, 1.165) is 29.5 Å². The highest BCUT2D eigenvalue weighted by atomic mass is 32.2. The fraction of sp³-hybridized carbons (Fsp3) is 0.0455. The SMILES string of the molecule is O=C(CSc1nnc(-c2ccccc2)n1-c1ccc(F)cc1)Nc1ccc(F)c([N+](=O)[O-])c1. The van der Waals surface area contributed by atoms with Gasteiger partial charge in [-0.25, -0.2) is 4.39 Å². The number of thioether (sulfide) groups is 1. The fourth-order valence-electron chi connectivity index (χ4n) is 3.02. The molecule has 3 aromatic carbocycles. The summed E-state index contributed by atoms with van der Waals surface area (Å²) in [5, 5.41) is 22.2. The molecule has 11 heteroatoms. The molecule has 4 rings (SSSR count). The van der Waals surface area contributed by atoms with Crippen molar-refractivity contribution in [2.45, 2.75) is 5.16 Å². The van der Waals surface area contributed by atoms with E-state index in [-0.39, 0.29) is 11.4 Å². The van der Waals surface area contributed by atoms with Gasteiger partial charge in [-0.05, 0) is 36.4 Å². The van der Waals surface area contributed by atoms with Gasteiger partial charge in [0.25, 0.3) is 0 Å². The molecule has 1 amide bonds. The lowest BCUT2D eigenvalue weighted by molar-refractivity contribution is -0.387. The van der Waals surface area contributed by atoms with E-state index in [1.54, 1.807) is 16.7 Å². The molecule has 166 valence electrons. The molecule has 0 radical (unpaired) electrons. The second kappa shape index (κ2) is 9.57. The lowest BCUT2D eigenvalue weighted by Crippen LogP contribution is -2.15. The summed E-state index contributed by atoms with van der Waals surface area (Å²) < 4.78 is 28.7. The van der Waals surface area contributed by atoms with Gasteiger partial charge >= 0.3 is 5.69 Å². The maximum atomic E-state index is 13.5. The number of hydrogen-bond donors (Lipinski definition) is 1. The smallest absolute Gasteiger partial charge is 0.306 e. The summed E-state index contributed by atoms with van der Waals surface area (Å²) in [5.41, 5.74) is 0.754. The van der Waals surface area contributed by atoms with E-state index in [9.17, 15) is 23.7 Å². The molecule has 1 aromatic heterocycles. The van der Waals surface area contributed by atoms with Crippen molar-refractivity contribution in [3.8, 4) is 17.1 Å². The number of nitrogens with zero attached hydrogens (tertiary/aromatic N) is 4. The minimum absolute atomic E-state index is 0.0960. The van der Waals surface area contributed by atoms with E-state index in [1.165, 1.54) is 18.2 Å². The van der Waals surface area contributed by atoms with Crippen LogP contribution in [0.5, 0.6) is 0 Å². The third-order valence-corrected chi connectivity index (χ3v) is 5.44. The van der Waals surface area contributed by atoms with Crippen LogP contribution in [0.3, 0.4) is 0 Å².